The van der Waals surface area contributed by atoms with Gasteiger partial charge in [-0.3, -0.25) is 9.59 Å². The maximum Gasteiger partial charge on any atom is 0.186 e. The van der Waals surface area contributed by atoms with Crippen molar-refractivity contribution >= 4 is 46.1 Å². The molecule has 2 aliphatic carbocycles. The molecule has 0 atom stereocenters. The zero-order valence-corrected chi connectivity index (χ0v) is 39.4. The Bertz CT molecular complexity index is 2420. The molecule has 0 heterocycles. The molecule has 0 aliphatic heterocycles. The van der Waals surface area contributed by atoms with Gasteiger partial charge in [0.1, 0.15) is 0 Å². The van der Waals surface area contributed by atoms with Crippen LogP contribution in [0, 0.1) is 21.7 Å². The topological polar surface area (TPSA) is 83.6 Å². The Morgan fingerprint density at radius 2 is 0.694 bits per heavy atom. The average Bonchev–Trinajstić information content (AvgIpc) is 3.18. The van der Waals surface area contributed by atoms with Crippen LogP contribution in [0.3, 0.4) is 0 Å². The third kappa shape index (κ3) is 10.7. The van der Waals surface area contributed by atoms with Gasteiger partial charge in [0.2, 0.25) is 0 Å². The number of ketones is 2. The van der Waals surface area contributed by atoms with Gasteiger partial charge in [-0.05, 0) is 139 Å². The Morgan fingerprint density at radius 3 is 0.968 bits per heavy atom. The number of carbonyl (C=O) groups excluding carboxylic acids is 2. The molecule has 0 amide bonds. The second-order valence-corrected chi connectivity index (χ2v) is 20.9. The quantitative estimate of drug-likeness (QED) is 0.173. The van der Waals surface area contributed by atoms with Gasteiger partial charge in [0.25, 0.3) is 0 Å². The number of carbonyl (C=O) groups is 2. The molecule has 4 aromatic carbocycles. The lowest BCUT2D eigenvalue weighted by atomic mass is 9.72. The van der Waals surface area contributed by atoms with Gasteiger partial charge in [-0.25, -0.2) is 0 Å². The Balaban J connectivity index is 1.44. The Labute approximate surface area is 377 Å². The highest BCUT2D eigenvalue weighted by Crippen LogP contribution is 2.44. The second kappa shape index (κ2) is 17.7. The highest BCUT2D eigenvalue weighted by atomic mass is 35.5. The van der Waals surface area contributed by atoms with Crippen molar-refractivity contribution in [1.82, 2.24) is 0 Å². The fraction of sp³-hybridized carbons (Fsp3) is 0.296. The van der Waals surface area contributed by atoms with Crippen molar-refractivity contribution in [2.45, 2.75) is 83.1 Å². The molecule has 0 radical (unpaired) electrons. The molecule has 8 heteroatoms. The Kier molecular flexibility index (Phi) is 13.1. The summed E-state index contributed by atoms with van der Waals surface area (Å²) in [5, 5.41) is 19.6. The maximum absolute atomic E-state index is 13.5. The van der Waals surface area contributed by atoms with Gasteiger partial charge in [-0.1, -0.05) is 143 Å². The summed E-state index contributed by atoms with van der Waals surface area (Å²) >= 11 is 12.8. The molecule has 2 aliphatic rings. The lowest BCUT2D eigenvalue weighted by Gasteiger charge is -2.31. The normalized spacial score (nSPS) is 15.5. The molecule has 6 nitrogen and oxygen atoms in total. The number of halogens is 2. The van der Waals surface area contributed by atoms with E-state index in [1.807, 2.05) is 97.1 Å². The molecule has 0 fully saturated rings. The number of azo groups is 2. The minimum absolute atomic E-state index is 0.0751. The molecule has 6 rings (SSSR count). The van der Waals surface area contributed by atoms with Crippen LogP contribution in [0.25, 0.3) is 33.4 Å². The number of hydrogen-bond acceptors (Lipinski definition) is 6. The molecular formula is C54H56Cl2N4O2. The molecular weight excluding hydrogens is 808 g/mol. The lowest BCUT2D eigenvalue weighted by molar-refractivity contribution is -0.114. The Hall–Kier alpha value is -5.56. The SMILES string of the molecule is CC(C)(C)C1=CC(=CN=Nc2ccc(-c3ccc(N=NC=C4C=C(C(C)(C)C)C(=O)C(C(C)(C)C)=C4)cc3-c3ccc(Cl)cc3)c(-c3ccc(Cl)cc3)c2)C=C(C(C)(C)C)C1=O. The molecule has 0 aromatic heterocycles. The van der Waals surface area contributed by atoms with Crippen LogP contribution in [0.15, 0.2) is 176 Å². The first-order valence-corrected chi connectivity index (χ1v) is 21.7. The van der Waals surface area contributed by atoms with Crippen LogP contribution in [0.1, 0.15) is 83.1 Å². The van der Waals surface area contributed by atoms with Crippen molar-refractivity contribution in [2.75, 3.05) is 0 Å². The fourth-order valence-electron chi connectivity index (χ4n) is 7.40. The molecule has 0 bridgehead atoms. The van der Waals surface area contributed by atoms with Gasteiger partial charge in [0.05, 0.1) is 23.8 Å². The Morgan fingerprint density at radius 1 is 0.403 bits per heavy atom. The highest BCUT2D eigenvalue weighted by molar-refractivity contribution is 6.31. The van der Waals surface area contributed by atoms with Gasteiger partial charge < -0.3 is 0 Å². The number of benzene rings is 4. The number of hydrogen-bond donors (Lipinski definition) is 0. The van der Waals surface area contributed by atoms with Crippen molar-refractivity contribution < 1.29 is 9.59 Å². The zero-order valence-electron chi connectivity index (χ0n) is 37.9. The van der Waals surface area contributed by atoms with Gasteiger partial charge >= 0.3 is 0 Å². The van der Waals surface area contributed by atoms with Crippen LogP contribution >= 0.6 is 23.2 Å². The fourth-order valence-corrected chi connectivity index (χ4v) is 7.65. The van der Waals surface area contributed by atoms with Crippen molar-refractivity contribution in [3.63, 3.8) is 0 Å². The van der Waals surface area contributed by atoms with E-state index in [0.717, 1.165) is 66.8 Å². The summed E-state index contributed by atoms with van der Waals surface area (Å²) in [5.74, 6) is 0.150. The van der Waals surface area contributed by atoms with E-state index < -0.39 is 0 Å². The molecule has 62 heavy (non-hydrogen) atoms. The van der Waals surface area contributed by atoms with Crippen LogP contribution in [0.5, 0.6) is 0 Å². The lowest BCUT2D eigenvalue weighted by Crippen LogP contribution is -2.27. The molecule has 0 unspecified atom stereocenters. The third-order valence-corrected chi connectivity index (χ3v) is 11.3. The smallest absolute Gasteiger partial charge is 0.186 e. The number of rotatable bonds is 7. The predicted octanol–water partition coefficient (Wildman–Crippen LogP) is 17.0. The summed E-state index contributed by atoms with van der Waals surface area (Å²) in [6.45, 7) is 24.6. The predicted molar refractivity (Wildman–Crippen MR) is 258 cm³/mol. The molecule has 0 saturated heterocycles. The largest absolute Gasteiger partial charge is 0.289 e. The summed E-state index contributed by atoms with van der Waals surface area (Å²) < 4.78 is 0. The highest BCUT2D eigenvalue weighted by Gasteiger charge is 2.35. The summed E-state index contributed by atoms with van der Waals surface area (Å²) in [7, 11) is 0. The van der Waals surface area contributed by atoms with Crippen molar-refractivity contribution in [3.8, 4) is 33.4 Å². The van der Waals surface area contributed by atoms with Gasteiger partial charge in [0, 0.05) is 32.3 Å². The van der Waals surface area contributed by atoms with Gasteiger partial charge in [-0.2, -0.15) is 20.5 Å². The van der Waals surface area contributed by atoms with E-state index >= 15 is 0 Å². The summed E-state index contributed by atoms with van der Waals surface area (Å²) in [6.07, 6.45) is 11.1. The standard InChI is InChI=1S/C54H56Cl2N4O2/c1-51(2,3)45-25-33(26-46(49(45)61)52(4,5)6)31-57-59-39-21-23-41(43(29-39)35-13-17-37(55)18-14-35)42-24-22-40(30-44(42)36-15-19-38(56)20-16-36)60-58-32-34-27-47(53(7,8)9)50(62)48(28-34)54(10,11)12/h13-32H,1-12H3. The first-order valence-electron chi connectivity index (χ1n) is 20.9. The van der Waals surface area contributed by atoms with Crippen LogP contribution in [0.2, 0.25) is 10.0 Å². The third-order valence-electron chi connectivity index (χ3n) is 10.8. The average molecular weight is 864 g/mol. The first-order chi connectivity index (χ1) is 28.9. The molecule has 318 valence electrons. The summed E-state index contributed by atoms with van der Waals surface area (Å²) in [6, 6.07) is 27.6. The van der Waals surface area contributed by atoms with E-state index in [9.17, 15) is 9.59 Å². The van der Waals surface area contributed by atoms with Crippen LogP contribution in [0.4, 0.5) is 11.4 Å². The second-order valence-electron chi connectivity index (χ2n) is 20.1. The van der Waals surface area contributed by atoms with E-state index in [1.165, 1.54) is 0 Å². The zero-order chi connectivity index (χ0) is 45.4. The van der Waals surface area contributed by atoms with E-state index in [4.69, 9.17) is 23.2 Å². The molecule has 0 spiro atoms. The van der Waals surface area contributed by atoms with Crippen LogP contribution < -0.4 is 0 Å². The van der Waals surface area contributed by atoms with Crippen molar-refractivity contribution in [3.05, 3.63) is 165 Å². The van der Waals surface area contributed by atoms with E-state index in [0.29, 0.717) is 21.4 Å². The maximum atomic E-state index is 13.5. The van der Waals surface area contributed by atoms with Crippen molar-refractivity contribution in [1.29, 1.82) is 0 Å². The summed E-state index contributed by atoms with van der Waals surface area (Å²) in [4.78, 5) is 27.0. The van der Waals surface area contributed by atoms with Crippen molar-refractivity contribution in [2.24, 2.45) is 42.1 Å². The number of allylic oxidation sites excluding steroid dienone is 10. The van der Waals surface area contributed by atoms with E-state index in [1.54, 1.807) is 12.4 Å². The summed E-state index contributed by atoms with van der Waals surface area (Å²) in [5.41, 5.74) is 10.4. The molecule has 0 saturated carbocycles. The molecule has 4 aromatic rings. The molecule has 0 N–H and O–H groups in total. The first kappa shape index (κ1) is 46.0. The van der Waals surface area contributed by atoms with Crippen LogP contribution in [-0.4, -0.2) is 11.6 Å². The monoisotopic (exact) mass is 862 g/mol. The minimum atomic E-state index is -0.329. The van der Waals surface area contributed by atoms with E-state index in [2.05, 4.69) is 116 Å². The number of nitrogens with zero attached hydrogens (tertiary/aromatic N) is 4. The minimum Gasteiger partial charge on any atom is -0.289 e. The van der Waals surface area contributed by atoms with Crippen LogP contribution in [-0.2, 0) is 9.59 Å². The number of Topliss-reactive ketones (excluding diaryl/α,β-unsaturated/α-hetero) is 2. The van der Waals surface area contributed by atoms with E-state index in [-0.39, 0.29) is 33.2 Å². The van der Waals surface area contributed by atoms with Gasteiger partial charge in [0.15, 0.2) is 11.6 Å². The van der Waals surface area contributed by atoms with Gasteiger partial charge in [-0.15, -0.1) is 0 Å².